The van der Waals surface area contributed by atoms with Gasteiger partial charge in [-0.15, -0.1) is 11.8 Å². The molecule has 0 aliphatic carbocycles. The van der Waals surface area contributed by atoms with Crippen LogP contribution in [0.25, 0.3) is 0 Å². The van der Waals surface area contributed by atoms with Gasteiger partial charge < -0.3 is 5.32 Å². The van der Waals surface area contributed by atoms with Gasteiger partial charge in [0.05, 0.1) is 5.56 Å². The number of thioether (sulfide) groups is 1. The minimum absolute atomic E-state index is 0.252. The summed E-state index contributed by atoms with van der Waals surface area (Å²) in [5.41, 5.74) is 0.559. The van der Waals surface area contributed by atoms with Gasteiger partial charge in [-0.2, -0.15) is 0 Å². The van der Waals surface area contributed by atoms with Crippen molar-refractivity contribution in [3.8, 4) is 0 Å². The third-order valence-electron chi connectivity index (χ3n) is 2.98. The normalized spacial score (nSPS) is 18.6. The Morgan fingerprint density at radius 1 is 1.40 bits per heavy atom. The summed E-state index contributed by atoms with van der Waals surface area (Å²) in [6.45, 7) is 2.01. The second-order valence-corrected chi connectivity index (χ2v) is 5.71. The van der Waals surface area contributed by atoms with E-state index in [0.29, 0.717) is 12.0 Å². The fraction of sp³-hybridized carbons (Fsp3) is 0.357. The number of imide groups is 1. The van der Waals surface area contributed by atoms with E-state index in [-0.39, 0.29) is 18.2 Å². The van der Waals surface area contributed by atoms with E-state index in [1.807, 2.05) is 19.1 Å². The molecule has 1 saturated heterocycles. The Labute approximate surface area is 121 Å². The first-order valence-electron chi connectivity index (χ1n) is 6.48. The van der Waals surface area contributed by atoms with Gasteiger partial charge in [0.2, 0.25) is 11.8 Å². The first-order chi connectivity index (χ1) is 9.61. The van der Waals surface area contributed by atoms with E-state index in [9.17, 15) is 14.4 Å². The summed E-state index contributed by atoms with van der Waals surface area (Å²) in [4.78, 5) is 35.8. The Morgan fingerprint density at radius 2 is 2.15 bits per heavy atom. The molecule has 1 aliphatic rings. The molecule has 106 valence electrons. The van der Waals surface area contributed by atoms with Gasteiger partial charge in [-0.05, 0) is 24.3 Å². The van der Waals surface area contributed by atoms with Crippen LogP contribution >= 0.6 is 11.8 Å². The molecule has 0 saturated carbocycles. The molecular weight excluding hydrogens is 276 g/mol. The van der Waals surface area contributed by atoms with Crippen LogP contribution in [0.15, 0.2) is 29.2 Å². The van der Waals surface area contributed by atoms with Crippen molar-refractivity contribution in [2.24, 2.45) is 0 Å². The summed E-state index contributed by atoms with van der Waals surface area (Å²) in [6.07, 6.45) is 0.599. The average molecular weight is 292 g/mol. The van der Waals surface area contributed by atoms with Crippen molar-refractivity contribution in [1.29, 1.82) is 0 Å². The lowest BCUT2D eigenvalue weighted by molar-refractivity contribution is -0.134. The molecule has 20 heavy (non-hydrogen) atoms. The highest BCUT2D eigenvalue weighted by Crippen LogP contribution is 2.22. The van der Waals surface area contributed by atoms with Gasteiger partial charge in [-0.3, -0.25) is 19.7 Å². The van der Waals surface area contributed by atoms with Crippen molar-refractivity contribution in [3.05, 3.63) is 29.8 Å². The second kappa shape index (κ2) is 6.56. The molecule has 0 bridgehead atoms. The molecule has 1 atom stereocenters. The molecule has 1 aromatic rings. The number of hydrogen-bond donors (Lipinski definition) is 2. The number of amides is 3. The maximum Gasteiger partial charge on any atom is 0.253 e. The maximum atomic E-state index is 12.2. The van der Waals surface area contributed by atoms with Crippen LogP contribution in [0.1, 0.15) is 30.1 Å². The summed E-state index contributed by atoms with van der Waals surface area (Å²) in [5, 5.41) is 4.92. The SMILES string of the molecule is CCSc1ccccc1C(=O)NC1CCC(=O)NC1=O. The number of hydrogen-bond acceptors (Lipinski definition) is 4. The van der Waals surface area contributed by atoms with Gasteiger partial charge >= 0.3 is 0 Å². The fourth-order valence-corrected chi connectivity index (χ4v) is 2.80. The molecule has 1 fully saturated rings. The molecular formula is C14H16N2O3S. The van der Waals surface area contributed by atoms with Crippen molar-refractivity contribution >= 4 is 29.5 Å². The van der Waals surface area contributed by atoms with Gasteiger partial charge in [0, 0.05) is 11.3 Å². The highest BCUT2D eigenvalue weighted by Gasteiger charge is 2.28. The predicted octanol–water partition coefficient (Wildman–Crippen LogP) is 1.33. The number of benzene rings is 1. The Morgan fingerprint density at radius 3 is 2.85 bits per heavy atom. The molecule has 1 aliphatic heterocycles. The number of nitrogens with one attached hydrogen (secondary N) is 2. The third kappa shape index (κ3) is 3.39. The Hall–Kier alpha value is -1.82. The number of rotatable bonds is 4. The van der Waals surface area contributed by atoms with Crippen molar-refractivity contribution in [3.63, 3.8) is 0 Å². The molecule has 0 spiro atoms. The summed E-state index contributed by atoms with van der Waals surface area (Å²) < 4.78 is 0. The van der Waals surface area contributed by atoms with E-state index < -0.39 is 11.9 Å². The lowest BCUT2D eigenvalue weighted by Crippen LogP contribution is -2.52. The van der Waals surface area contributed by atoms with E-state index >= 15 is 0 Å². The molecule has 1 heterocycles. The van der Waals surface area contributed by atoms with Crippen LogP contribution in [-0.2, 0) is 9.59 Å². The molecule has 0 aromatic heterocycles. The first-order valence-corrected chi connectivity index (χ1v) is 7.46. The lowest BCUT2D eigenvalue weighted by atomic mass is 10.1. The zero-order chi connectivity index (χ0) is 14.5. The van der Waals surface area contributed by atoms with E-state index in [1.165, 1.54) is 0 Å². The minimum atomic E-state index is -0.639. The third-order valence-corrected chi connectivity index (χ3v) is 3.93. The highest BCUT2D eigenvalue weighted by molar-refractivity contribution is 7.99. The average Bonchev–Trinajstić information content (AvgIpc) is 2.43. The van der Waals surface area contributed by atoms with Crippen molar-refractivity contribution in [1.82, 2.24) is 10.6 Å². The van der Waals surface area contributed by atoms with Gasteiger partial charge in [-0.1, -0.05) is 19.1 Å². The predicted molar refractivity (Wildman–Crippen MR) is 76.5 cm³/mol. The smallest absolute Gasteiger partial charge is 0.253 e. The van der Waals surface area contributed by atoms with Crippen LogP contribution in [0.3, 0.4) is 0 Å². The van der Waals surface area contributed by atoms with Crippen LogP contribution in [0, 0.1) is 0 Å². The Balaban J connectivity index is 2.08. The van der Waals surface area contributed by atoms with E-state index in [1.54, 1.807) is 23.9 Å². The number of piperidine rings is 1. The highest BCUT2D eigenvalue weighted by atomic mass is 32.2. The standard InChI is InChI=1S/C14H16N2O3S/c1-2-20-11-6-4-3-5-9(11)13(18)15-10-7-8-12(17)16-14(10)19/h3-6,10H,2,7-8H2,1H3,(H,15,18)(H,16,17,19). The van der Waals surface area contributed by atoms with E-state index in [4.69, 9.17) is 0 Å². The van der Waals surface area contributed by atoms with Gasteiger partial charge in [0.25, 0.3) is 5.91 Å². The second-order valence-electron chi connectivity index (χ2n) is 4.41. The summed E-state index contributed by atoms with van der Waals surface area (Å²) in [7, 11) is 0. The van der Waals surface area contributed by atoms with Gasteiger partial charge in [0.1, 0.15) is 6.04 Å². The molecule has 0 radical (unpaired) electrons. The number of carbonyl (C=O) groups excluding carboxylic acids is 3. The topological polar surface area (TPSA) is 75.3 Å². The molecule has 1 unspecified atom stereocenters. The van der Waals surface area contributed by atoms with Gasteiger partial charge in [-0.25, -0.2) is 0 Å². The quantitative estimate of drug-likeness (QED) is 0.648. The van der Waals surface area contributed by atoms with Crippen molar-refractivity contribution in [2.75, 3.05) is 5.75 Å². The monoisotopic (exact) mass is 292 g/mol. The summed E-state index contributed by atoms with van der Waals surface area (Å²) in [6, 6.07) is 6.65. The van der Waals surface area contributed by atoms with E-state index in [0.717, 1.165) is 10.6 Å². The number of carbonyl (C=O) groups is 3. The van der Waals surface area contributed by atoms with E-state index in [2.05, 4.69) is 10.6 Å². The lowest BCUT2D eigenvalue weighted by Gasteiger charge is -2.22. The van der Waals surface area contributed by atoms with Crippen LogP contribution < -0.4 is 10.6 Å². The Kier molecular flexibility index (Phi) is 4.79. The first kappa shape index (κ1) is 14.6. The van der Waals surface area contributed by atoms with Gasteiger partial charge in [0.15, 0.2) is 0 Å². The molecule has 3 amide bonds. The van der Waals surface area contributed by atoms with Crippen LogP contribution in [0.2, 0.25) is 0 Å². The summed E-state index contributed by atoms with van der Waals surface area (Å²) >= 11 is 1.58. The van der Waals surface area contributed by atoms with Crippen LogP contribution in [0.5, 0.6) is 0 Å². The Bertz CT molecular complexity index is 545. The van der Waals surface area contributed by atoms with Crippen molar-refractivity contribution in [2.45, 2.75) is 30.7 Å². The minimum Gasteiger partial charge on any atom is -0.340 e. The van der Waals surface area contributed by atoms with Crippen LogP contribution in [-0.4, -0.2) is 29.5 Å². The zero-order valence-electron chi connectivity index (χ0n) is 11.1. The molecule has 1 aromatic carbocycles. The summed E-state index contributed by atoms with van der Waals surface area (Å²) in [5.74, 6) is -0.142. The molecule has 5 nitrogen and oxygen atoms in total. The maximum absolute atomic E-state index is 12.2. The molecule has 2 N–H and O–H groups in total. The van der Waals surface area contributed by atoms with Crippen molar-refractivity contribution < 1.29 is 14.4 Å². The largest absolute Gasteiger partial charge is 0.340 e. The molecule has 6 heteroatoms. The molecule has 2 rings (SSSR count). The fourth-order valence-electron chi connectivity index (χ4n) is 2.00. The zero-order valence-corrected chi connectivity index (χ0v) is 12.0. The van der Waals surface area contributed by atoms with Crippen LogP contribution in [0.4, 0.5) is 0 Å².